The summed E-state index contributed by atoms with van der Waals surface area (Å²) in [6, 6.07) is 1.20. The van der Waals surface area contributed by atoms with Crippen molar-refractivity contribution in [3.05, 3.63) is 23.4 Å². The Morgan fingerprint density at radius 2 is 2.00 bits per heavy atom. The summed E-state index contributed by atoms with van der Waals surface area (Å²) in [5, 5.41) is 6.38. The molecule has 0 aliphatic heterocycles. The fraction of sp³-hybridized carbons (Fsp3) is 0.167. The van der Waals surface area contributed by atoms with Gasteiger partial charge in [-0.1, -0.05) is 11.6 Å². The SMILES string of the molecule is FC(F)(F)c1nnc2cc(Cl)ncn12. The van der Waals surface area contributed by atoms with Crippen LogP contribution in [-0.4, -0.2) is 19.6 Å². The van der Waals surface area contributed by atoms with Crippen LogP contribution < -0.4 is 0 Å². The smallest absolute Gasteiger partial charge is 0.261 e. The number of rotatable bonds is 0. The van der Waals surface area contributed by atoms with Crippen LogP contribution in [0.3, 0.4) is 0 Å². The quantitative estimate of drug-likeness (QED) is 0.639. The Hall–Kier alpha value is -1.37. The predicted octanol–water partition coefficient (Wildman–Crippen LogP) is 1.80. The van der Waals surface area contributed by atoms with Gasteiger partial charge in [0.2, 0.25) is 5.82 Å². The van der Waals surface area contributed by atoms with E-state index in [4.69, 9.17) is 11.6 Å². The Morgan fingerprint density at radius 3 is 2.64 bits per heavy atom. The number of fused-ring (bicyclic) bond motifs is 1. The summed E-state index contributed by atoms with van der Waals surface area (Å²) < 4.78 is 37.5. The zero-order valence-corrected chi connectivity index (χ0v) is 7.21. The molecule has 0 aromatic carbocycles. The topological polar surface area (TPSA) is 43.1 Å². The molecule has 0 aliphatic rings. The van der Waals surface area contributed by atoms with Crippen molar-refractivity contribution < 1.29 is 13.2 Å². The molecule has 2 rings (SSSR count). The van der Waals surface area contributed by atoms with E-state index in [2.05, 4.69) is 15.2 Å². The molecule has 0 radical (unpaired) electrons. The molecule has 0 N–H and O–H groups in total. The van der Waals surface area contributed by atoms with E-state index < -0.39 is 12.0 Å². The van der Waals surface area contributed by atoms with E-state index in [9.17, 15) is 13.2 Å². The summed E-state index contributed by atoms with van der Waals surface area (Å²) in [4.78, 5) is 3.50. The number of halogens is 4. The van der Waals surface area contributed by atoms with Gasteiger partial charge in [0, 0.05) is 6.07 Å². The van der Waals surface area contributed by atoms with Gasteiger partial charge in [-0.2, -0.15) is 13.2 Å². The van der Waals surface area contributed by atoms with Crippen LogP contribution >= 0.6 is 11.6 Å². The molecule has 0 aliphatic carbocycles. The number of alkyl halides is 3. The highest BCUT2D eigenvalue weighted by Gasteiger charge is 2.36. The Kier molecular flexibility index (Phi) is 1.84. The van der Waals surface area contributed by atoms with E-state index in [-0.39, 0.29) is 10.8 Å². The number of aromatic nitrogens is 4. The second-order valence-corrected chi connectivity index (χ2v) is 2.85. The Morgan fingerprint density at radius 1 is 1.29 bits per heavy atom. The zero-order chi connectivity index (χ0) is 10.3. The Labute approximate surface area is 80.3 Å². The summed E-state index contributed by atoms with van der Waals surface area (Å²) in [6.07, 6.45) is -3.62. The molecular weight excluding hydrogens is 221 g/mol. The maximum absolute atomic E-state index is 12.3. The van der Waals surface area contributed by atoms with Gasteiger partial charge in [0.25, 0.3) is 0 Å². The standard InChI is InChI=1S/C6H2ClF3N4/c7-3-1-4-12-13-5(6(8,9)10)14(4)2-11-3/h1-2H. The second kappa shape index (κ2) is 2.81. The first-order chi connectivity index (χ1) is 6.48. The fourth-order valence-corrected chi connectivity index (χ4v) is 1.11. The average Bonchev–Trinajstić information content (AvgIpc) is 2.45. The monoisotopic (exact) mass is 222 g/mol. The van der Waals surface area contributed by atoms with Crippen LogP contribution in [-0.2, 0) is 6.18 Å². The number of hydrogen-bond donors (Lipinski definition) is 0. The first kappa shape index (κ1) is 9.20. The van der Waals surface area contributed by atoms with Crippen molar-refractivity contribution in [3.63, 3.8) is 0 Å². The third-order valence-corrected chi connectivity index (χ3v) is 1.73. The lowest BCUT2D eigenvalue weighted by Crippen LogP contribution is -2.10. The van der Waals surface area contributed by atoms with Crippen LogP contribution in [0.15, 0.2) is 12.4 Å². The van der Waals surface area contributed by atoms with E-state index in [0.29, 0.717) is 0 Å². The van der Waals surface area contributed by atoms with Crippen molar-refractivity contribution in [2.24, 2.45) is 0 Å². The van der Waals surface area contributed by atoms with Gasteiger partial charge in [-0.05, 0) is 0 Å². The fourth-order valence-electron chi connectivity index (χ4n) is 0.966. The molecule has 0 atom stereocenters. The molecule has 2 aromatic rings. The van der Waals surface area contributed by atoms with E-state index in [1.807, 2.05) is 0 Å². The van der Waals surface area contributed by atoms with Gasteiger partial charge in [0.05, 0.1) is 0 Å². The third kappa shape index (κ3) is 1.39. The molecule has 0 saturated carbocycles. The van der Waals surface area contributed by atoms with Crippen LogP contribution in [0, 0.1) is 0 Å². The largest absolute Gasteiger partial charge is 0.452 e. The van der Waals surface area contributed by atoms with Crippen molar-refractivity contribution in [3.8, 4) is 0 Å². The lowest BCUT2D eigenvalue weighted by Gasteiger charge is -2.02. The van der Waals surface area contributed by atoms with E-state index in [1.165, 1.54) is 6.07 Å². The zero-order valence-electron chi connectivity index (χ0n) is 6.46. The lowest BCUT2D eigenvalue weighted by molar-refractivity contribution is -0.145. The van der Waals surface area contributed by atoms with Gasteiger partial charge in [-0.3, -0.25) is 4.40 Å². The van der Waals surface area contributed by atoms with Gasteiger partial charge >= 0.3 is 6.18 Å². The van der Waals surface area contributed by atoms with Gasteiger partial charge in [0.15, 0.2) is 5.65 Å². The predicted molar refractivity (Wildman–Crippen MR) is 40.8 cm³/mol. The minimum absolute atomic E-state index is 0.0114. The van der Waals surface area contributed by atoms with Crippen LogP contribution in [0.1, 0.15) is 5.82 Å². The molecule has 0 amide bonds. The summed E-state index contributed by atoms with van der Waals surface area (Å²) in [5.74, 6) is -1.11. The van der Waals surface area contributed by atoms with Crippen LogP contribution in [0.2, 0.25) is 5.15 Å². The van der Waals surface area contributed by atoms with Crippen molar-refractivity contribution >= 4 is 17.2 Å². The van der Waals surface area contributed by atoms with Gasteiger partial charge in [-0.15, -0.1) is 10.2 Å². The molecule has 8 heteroatoms. The molecule has 0 saturated heterocycles. The summed E-state index contributed by atoms with van der Waals surface area (Å²) in [6.45, 7) is 0. The molecule has 0 unspecified atom stereocenters. The van der Waals surface area contributed by atoms with Crippen LogP contribution in [0.4, 0.5) is 13.2 Å². The normalized spacial score (nSPS) is 12.3. The number of nitrogens with zero attached hydrogens (tertiary/aromatic N) is 4. The summed E-state index contributed by atoms with van der Waals surface area (Å²) in [5.41, 5.74) is 0.0114. The molecule has 0 fully saturated rings. The van der Waals surface area contributed by atoms with E-state index in [0.717, 1.165) is 10.7 Å². The lowest BCUT2D eigenvalue weighted by atomic mass is 10.5. The second-order valence-electron chi connectivity index (χ2n) is 2.46. The van der Waals surface area contributed by atoms with Crippen molar-refractivity contribution in [1.29, 1.82) is 0 Å². The highest BCUT2D eigenvalue weighted by Crippen LogP contribution is 2.27. The van der Waals surface area contributed by atoms with Crippen molar-refractivity contribution in [2.75, 3.05) is 0 Å². The molecule has 74 valence electrons. The molecule has 0 spiro atoms. The van der Waals surface area contributed by atoms with E-state index in [1.54, 1.807) is 0 Å². The van der Waals surface area contributed by atoms with E-state index >= 15 is 0 Å². The minimum Gasteiger partial charge on any atom is -0.261 e. The Balaban J connectivity index is 2.70. The molecular formula is C6H2ClF3N4. The van der Waals surface area contributed by atoms with Crippen molar-refractivity contribution in [2.45, 2.75) is 6.18 Å². The maximum Gasteiger partial charge on any atom is 0.452 e. The molecule has 2 heterocycles. The Bertz CT molecular complexity index is 477. The first-order valence-electron chi connectivity index (χ1n) is 3.42. The molecule has 14 heavy (non-hydrogen) atoms. The van der Waals surface area contributed by atoms with Gasteiger partial charge < -0.3 is 0 Å². The molecule has 4 nitrogen and oxygen atoms in total. The van der Waals surface area contributed by atoms with Crippen LogP contribution in [0.5, 0.6) is 0 Å². The molecule has 2 aromatic heterocycles. The van der Waals surface area contributed by atoms with Gasteiger partial charge in [0.1, 0.15) is 11.5 Å². The molecule has 0 bridgehead atoms. The maximum atomic E-state index is 12.3. The van der Waals surface area contributed by atoms with Gasteiger partial charge in [-0.25, -0.2) is 4.98 Å². The highest BCUT2D eigenvalue weighted by atomic mass is 35.5. The minimum atomic E-state index is -4.55. The summed E-state index contributed by atoms with van der Waals surface area (Å²) in [7, 11) is 0. The van der Waals surface area contributed by atoms with Crippen molar-refractivity contribution in [1.82, 2.24) is 19.6 Å². The summed E-state index contributed by atoms with van der Waals surface area (Å²) >= 11 is 5.47. The highest BCUT2D eigenvalue weighted by molar-refractivity contribution is 6.29. The first-order valence-corrected chi connectivity index (χ1v) is 3.80. The third-order valence-electron chi connectivity index (χ3n) is 1.52. The average molecular weight is 223 g/mol. The number of hydrogen-bond acceptors (Lipinski definition) is 3. The van der Waals surface area contributed by atoms with Crippen LogP contribution in [0.25, 0.3) is 5.65 Å².